The van der Waals surface area contributed by atoms with Crippen molar-refractivity contribution in [3.63, 3.8) is 0 Å². The van der Waals surface area contributed by atoms with Gasteiger partial charge in [-0.2, -0.15) is 0 Å². The normalized spacial score (nSPS) is 16.4. The molecule has 64 valence electrons. The highest BCUT2D eigenvalue weighted by atomic mass is 35.5. The van der Waals surface area contributed by atoms with Gasteiger partial charge in [0, 0.05) is 17.6 Å². The van der Waals surface area contributed by atoms with Gasteiger partial charge in [0.05, 0.1) is 0 Å². The van der Waals surface area contributed by atoms with Crippen molar-refractivity contribution < 1.29 is 0 Å². The molecule has 0 aromatic carbocycles. The predicted octanol–water partition coefficient (Wildman–Crippen LogP) is 3.04. The van der Waals surface area contributed by atoms with Gasteiger partial charge in [-0.25, -0.2) is 0 Å². The Balaban J connectivity index is 3.95. The minimum absolute atomic E-state index is 0.0913. The first-order chi connectivity index (χ1) is 5.02. The highest BCUT2D eigenvalue weighted by Gasteiger charge is 1.90. The van der Waals surface area contributed by atoms with E-state index < -0.39 is 0 Å². The molecular weight excluding hydrogens is 158 g/mol. The van der Waals surface area contributed by atoms with Crippen molar-refractivity contribution in [2.24, 2.45) is 4.99 Å². The van der Waals surface area contributed by atoms with Gasteiger partial charge in [0.2, 0.25) is 0 Å². The first-order valence-electron chi connectivity index (χ1n) is 3.88. The summed E-state index contributed by atoms with van der Waals surface area (Å²) in [7, 11) is 0. The Morgan fingerprint density at radius 1 is 1.36 bits per heavy atom. The van der Waals surface area contributed by atoms with Gasteiger partial charge in [0.25, 0.3) is 0 Å². The fraction of sp³-hybridized carbons (Fsp3) is 0.667. The molecule has 2 heteroatoms. The van der Waals surface area contributed by atoms with Gasteiger partial charge < -0.3 is 0 Å². The molecule has 0 N–H and O–H groups in total. The topological polar surface area (TPSA) is 12.4 Å². The lowest BCUT2D eigenvalue weighted by molar-refractivity contribution is 0.840. The first kappa shape index (κ1) is 10.7. The molecule has 0 spiro atoms. The SMILES string of the molecule is C/C(C=NC(C)C)=C/C(C)Cl. The molecule has 0 bridgehead atoms. The van der Waals surface area contributed by atoms with Crippen molar-refractivity contribution in [3.8, 4) is 0 Å². The quantitative estimate of drug-likeness (QED) is 0.460. The van der Waals surface area contributed by atoms with Crippen LogP contribution in [-0.4, -0.2) is 17.6 Å². The average Bonchev–Trinajstić information content (AvgIpc) is 1.82. The molecule has 1 nitrogen and oxygen atoms in total. The number of allylic oxidation sites excluding steroid dienone is 2. The van der Waals surface area contributed by atoms with Crippen LogP contribution in [0.25, 0.3) is 0 Å². The van der Waals surface area contributed by atoms with E-state index in [-0.39, 0.29) is 5.38 Å². The highest BCUT2D eigenvalue weighted by Crippen LogP contribution is 2.00. The number of alkyl halides is 1. The Morgan fingerprint density at radius 3 is 2.27 bits per heavy atom. The van der Waals surface area contributed by atoms with Gasteiger partial charge in [-0.15, -0.1) is 11.6 Å². The van der Waals surface area contributed by atoms with Crippen LogP contribution in [0, 0.1) is 0 Å². The van der Waals surface area contributed by atoms with E-state index in [1.807, 2.05) is 40.0 Å². The van der Waals surface area contributed by atoms with Crippen LogP contribution in [0.4, 0.5) is 0 Å². The highest BCUT2D eigenvalue weighted by molar-refractivity contribution is 6.21. The van der Waals surface area contributed by atoms with Gasteiger partial charge in [-0.1, -0.05) is 6.08 Å². The number of rotatable bonds is 3. The third-order valence-corrected chi connectivity index (χ3v) is 1.19. The maximum absolute atomic E-state index is 5.75. The van der Waals surface area contributed by atoms with Crippen molar-refractivity contribution in [2.75, 3.05) is 0 Å². The van der Waals surface area contributed by atoms with Crippen LogP contribution in [0.3, 0.4) is 0 Å². The Labute approximate surface area is 74.2 Å². The molecular formula is C9H16ClN. The molecule has 0 rings (SSSR count). The van der Waals surface area contributed by atoms with Crippen molar-refractivity contribution in [1.82, 2.24) is 0 Å². The van der Waals surface area contributed by atoms with Crippen LogP contribution in [-0.2, 0) is 0 Å². The van der Waals surface area contributed by atoms with Gasteiger partial charge in [0.1, 0.15) is 0 Å². The number of hydrogen-bond acceptors (Lipinski definition) is 1. The third kappa shape index (κ3) is 7.60. The summed E-state index contributed by atoms with van der Waals surface area (Å²) in [5.41, 5.74) is 1.13. The number of aliphatic imine (C=N–C) groups is 1. The van der Waals surface area contributed by atoms with Crippen LogP contribution >= 0.6 is 11.6 Å². The number of nitrogens with zero attached hydrogens (tertiary/aromatic N) is 1. The van der Waals surface area contributed by atoms with E-state index in [4.69, 9.17) is 11.6 Å². The molecule has 0 heterocycles. The van der Waals surface area contributed by atoms with E-state index in [1.165, 1.54) is 0 Å². The second-order valence-electron chi connectivity index (χ2n) is 2.96. The van der Waals surface area contributed by atoms with E-state index in [0.29, 0.717) is 6.04 Å². The molecule has 1 unspecified atom stereocenters. The summed E-state index contributed by atoms with van der Waals surface area (Å²) < 4.78 is 0. The minimum Gasteiger partial charge on any atom is -0.290 e. The van der Waals surface area contributed by atoms with E-state index in [1.54, 1.807) is 0 Å². The van der Waals surface area contributed by atoms with Crippen LogP contribution in [0.15, 0.2) is 16.6 Å². The summed E-state index contributed by atoms with van der Waals surface area (Å²) in [5, 5.41) is 0.0913. The molecule has 0 amide bonds. The molecule has 0 radical (unpaired) electrons. The lowest BCUT2D eigenvalue weighted by atomic mass is 10.2. The molecule has 0 aliphatic rings. The van der Waals surface area contributed by atoms with Crippen molar-refractivity contribution in [2.45, 2.75) is 39.1 Å². The molecule has 0 fully saturated rings. The second kappa shape index (κ2) is 5.36. The molecule has 0 aromatic rings. The van der Waals surface area contributed by atoms with Crippen molar-refractivity contribution >= 4 is 17.8 Å². The summed E-state index contributed by atoms with van der Waals surface area (Å²) in [5.74, 6) is 0. The van der Waals surface area contributed by atoms with Gasteiger partial charge >= 0.3 is 0 Å². The predicted molar refractivity (Wildman–Crippen MR) is 52.7 cm³/mol. The summed E-state index contributed by atoms with van der Waals surface area (Å²) in [4.78, 5) is 4.23. The Morgan fingerprint density at radius 2 is 1.91 bits per heavy atom. The Kier molecular flexibility index (Phi) is 5.22. The van der Waals surface area contributed by atoms with Gasteiger partial charge in [-0.05, 0) is 33.3 Å². The Hall–Kier alpha value is -0.300. The standard InChI is InChI=1S/C9H16ClN/c1-7(2)11-6-8(3)5-9(4)10/h5-7,9H,1-4H3/b8-5-,11-6?. The minimum atomic E-state index is 0.0913. The Bertz CT molecular complexity index is 157. The van der Waals surface area contributed by atoms with Crippen LogP contribution in [0.2, 0.25) is 0 Å². The smallest absolute Gasteiger partial charge is 0.0493 e. The van der Waals surface area contributed by atoms with Crippen LogP contribution in [0.1, 0.15) is 27.7 Å². The molecule has 0 saturated carbocycles. The van der Waals surface area contributed by atoms with Crippen LogP contribution in [0.5, 0.6) is 0 Å². The van der Waals surface area contributed by atoms with Crippen LogP contribution < -0.4 is 0 Å². The first-order valence-corrected chi connectivity index (χ1v) is 4.31. The van der Waals surface area contributed by atoms with E-state index in [2.05, 4.69) is 4.99 Å². The molecule has 1 atom stereocenters. The zero-order chi connectivity index (χ0) is 8.85. The molecule has 11 heavy (non-hydrogen) atoms. The molecule has 0 aliphatic carbocycles. The fourth-order valence-corrected chi connectivity index (χ4v) is 0.871. The largest absolute Gasteiger partial charge is 0.290 e. The fourth-order valence-electron chi connectivity index (χ4n) is 0.672. The molecule has 0 aliphatic heterocycles. The molecule has 0 saturated heterocycles. The monoisotopic (exact) mass is 173 g/mol. The second-order valence-corrected chi connectivity index (χ2v) is 3.65. The van der Waals surface area contributed by atoms with E-state index in [9.17, 15) is 0 Å². The average molecular weight is 174 g/mol. The maximum Gasteiger partial charge on any atom is 0.0493 e. The van der Waals surface area contributed by atoms with Gasteiger partial charge in [0.15, 0.2) is 0 Å². The van der Waals surface area contributed by atoms with Gasteiger partial charge in [-0.3, -0.25) is 4.99 Å². The summed E-state index contributed by atoms with van der Waals surface area (Å²) in [6.07, 6.45) is 3.84. The number of hydrogen-bond donors (Lipinski definition) is 0. The maximum atomic E-state index is 5.75. The zero-order valence-corrected chi connectivity index (χ0v) is 8.39. The number of halogens is 1. The zero-order valence-electron chi connectivity index (χ0n) is 7.63. The molecule has 0 aromatic heterocycles. The van der Waals surface area contributed by atoms with E-state index in [0.717, 1.165) is 5.57 Å². The van der Waals surface area contributed by atoms with Crippen molar-refractivity contribution in [1.29, 1.82) is 0 Å². The summed E-state index contributed by atoms with van der Waals surface area (Å²) in [6.45, 7) is 8.04. The summed E-state index contributed by atoms with van der Waals surface area (Å²) >= 11 is 5.75. The summed E-state index contributed by atoms with van der Waals surface area (Å²) in [6, 6.07) is 0.365. The third-order valence-electron chi connectivity index (χ3n) is 1.07. The lowest BCUT2D eigenvalue weighted by Gasteiger charge is -1.96. The van der Waals surface area contributed by atoms with E-state index >= 15 is 0 Å². The lowest BCUT2D eigenvalue weighted by Crippen LogP contribution is -1.92. The van der Waals surface area contributed by atoms with Crippen molar-refractivity contribution in [3.05, 3.63) is 11.6 Å².